The molecule has 0 fully saturated rings. The van der Waals surface area contributed by atoms with Crippen LogP contribution in [0.4, 0.5) is 11.4 Å². The van der Waals surface area contributed by atoms with Crippen molar-refractivity contribution in [1.82, 2.24) is 10.2 Å². The molecule has 0 aliphatic heterocycles. The number of aryl methyl sites for hydroxylation is 2. The van der Waals surface area contributed by atoms with Gasteiger partial charge in [0.1, 0.15) is 18.3 Å². The molecule has 13 heteroatoms. The van der Waals surface area contributed by atoms with Gasteiger partial charge in [-0.05, 0) is 54.8 Å². The van der Waals surface area contributed by atoms with Crippen LogP contribution >= 0.6 is 11.6 Å². The van der Waals surface area contributed by atoms with Crippen LogP contribution in [0.15, 0.2) is 95.9 Å². The van der Waals surface area contributed by atoms with Crippen LogP contribution in [0.1, 0.15) is 22.3 Å². The number of likely N-dealkylation sites (N-methyl/N-ethyl adjacent to an activating group) is 1. The van der Waals surface area contributed by atoms with Crippen LogP contribution < -0.4 is 14.4 Å². The van der Waals surface area contributed by atoms with Crippen LogP contribution in [0, 0.1) is 24.0 Å². The summed E-state index contributed by atoms with van der Waals surface area (Å²) in [5.41, 5.74) is 2.21. The lowest BCUT2D eigenvalue weighted by atomic mass is 10.0. The van der Waals surface area contributed by atoms with E-state index in [-0.39, 0.29) is 35.0 Å². The van der Waals surface area contributed by atoms with E-state index in [2.05, 4.69) is 5.32 Å². The van der Waals surface area contributed by atoms with Gasteiger partial charge in [0.15, 0.2) is 0 Å². The summed E-state index contributed by atoms with van der Waals surface area (Å²) in [5.74, 6) is -1.06. The standard InChI is InChI=1S/C34H35ClN4O7S/c1-23-10-8-9-13-26(23)21-37(31(34(41)36-3)18-25-11-6-5-7-12-25)33(40)22-38(30-19-27(35)15-17-32(30)46-4)47(44,45)28-16-14-24(2)29(20-28)39(42)43/h5-17,19-20,31H,18,21-22H2,1-4H3,(H,36,41)/t31-/m0/s1. The number of carbonyl (C=O) groups excluding carboxylic acids is 2. The van der Waals surface area contributed by atoms with Gasteiger partial charge in [-0.2, -0.15) is 0 Å². The van der Waals surface area contributed by atoms with E-state index in [1.165, 1.54) is 56.3 Å². The number of halogens is 1. The summed E-state index contributed by atoms with van der Waals surface area (Å²) in [6.45, 7) is 2.58. The fourth-order valence-corrected chi connectivity index (χ4v) is 6.74. The molecule has 246 valence electrons. The third-order valence-electron chi connectivity index (χ3n) is 7.77. The molecule has 4 aromatic carbocycles. The van der Waals surface area contributed by atoms with Crippen molar-refractivity contribution in [3.63, 3.8) is 0 Å². The number of sulfonamides is 1. The van der Waals surface area contributed by atoms with Gasteiger partial charge in [-0.15, -0.1) is 0 Å². The summed E-state index contributed by atoms with van der Waals surface area (Å²) in [7, 11) is -1.85. The summed E-state index contributed by atoms with van der Waals surface area (Å²) >= 11 is 6.31. The van der Waals surface area contributed by atoms with Crippen LogP contribution in [-0.4, -0.2) is 56.8 Å². The molecule has 47 heavy (non-hydrogen) atoms. The maximum atomic E-state index is 14.5. The van der Waals surface area contributed by atoms with Crippen molar-refractivity contribution >= 4 is 44.8 Å². The van der Waals surface area contributed by atoms with E-state index in [0.29, 0.717) is 0 Å². The maximum absolute atomic E-state index is 14.5. The molecule has 11 nitrogen and oxygen atoms in total. The molecule has 0 saturated carbocycles. The number of hydrogen-bond acceptors (Lipinski definition) is 7. The zero-order chi connectivity index (χ0) is 34.3. The highest BCUT2D eigenvalue weighted by Crippen LogP contribution is 2.36. The third-order valence-corrected chi connectivity index (χ3v) is 9.76. The largest absolute Gasteiger partial charge is 0.495 e. The predicted molar refractivity (Wildman–Crippen MR) is 180 cm³/mol. The van der Waals surface area contributed by atoms with Crippen molar-refractivity contribution < 1.29 is 27.7 Å². The molecule has 4 rings (SSSR count). The van der Waals surface area contributed by atoms with Gasteiger partial charge in [-0.1, -0.05) is 72.3 Å². The summed E-state index contributed by atoms with van der Waals surface area (Å²) in [5, 5.41) is 14.5. The van der Waals surface area contributed by atoms with Gasteiger partial charge >= 0.3 is 0 Å². The number of benzene rings is 4. The number of nitro benzene ring substituents is 1. The topological polar surface area (TPSA) is 139 Å². The van der Waals surface area contributed by atoms with Crippen LogP contribution in [0.5, 0.6) is 5.75 Å². The maximum Gasteiger partial charge on any atom is 0.273 e. The smallest absolute Gasteiger partial charge is 0.273 e. The molecule has 2 amide bonds. The SMILES string of the molecule is CNC(=O)[C@H](Cc1ccccc1)N(Cc1ccccc1C)C(=O)CN(c1cc(Cl)ccc1OC)S(=O)(=O)c1ccc(C)c([N+](=O)[O-])c1. The summed E-state index contributed by atoms with van der Waals surface area (Å²) < 4.78 is 35.0. The molecule has 0 heterocycles. The van der Waals surface area contributed by atoms with Gasteiger partial charge in [0.25, 0.3) is 15.7 Å². The third kappa shape index (κ3) is 8.08. The van der Waals surface area contributed by atoms with E-state index >= 15 is 0 Å². The number of amides is 2. The Bertz CT molecular complexity index is 1890. The number of ether oxygens (including phenoxy) is 1. The predicted octanol–water partition coefficient (Wildman–Crippen LogP) is 5.46. The van der Waals surface area contributed by atoms with Crippen LogP contribution in [0.2, 0.25) is 5.02 Å². The van der Waals surface area contributed by atoms with E-state index < -0.39 is 49.9 Å². The first kappa shape index (κ1) is 34.9. The highest BCUT2D eigenvalue weighted by atomic mass is 35.5. The Morgan fingerprint density at radius 2 is 1.64 bits per heavy atom. The fraction of sp³-hybridized carbons (Fsp3) is 0.235. The molecule has 0 unspecified atom stereocenters. The number of nitrogens with zero attached hydrogens (tertiary/aromatic N) is 3. The molecule has 1 N–H and O–H groups in total. The first-order valence-corrected chi connectivity index (χ1v) is 16.4. The monoisotopic (exact) mass is 678 g/mol. The molecule has 0 aromatic heterocycles. The molecule has 4 aromatic rings. The van der Waals surface area contributed by atoms with Gasteiger partial charge in [-0.25, -0.2) is 8.42 Å². The van der Waals surface area contributed by atoms with Crippen molar-refractivity contribution in [2.24, 2.45) is 0 Å². The van der Waals surface area contributed by atoms with Gasteiger partial charge in [-0.3, -0.25) is 24.0 Å². The molecule has 0 radical (unpaired) electrons. The summed E-state index contributed by atoms with van der Waals surface area (Å²) in [6.07, 6.45) is 0.148. The first-order valence-electron chi connectivity index (χ1n) is 14.6. The van der Waals surface area contributed by atoms with Gasteiger partial charge in [0, 0.05) is 36.7 Å². The second kappa shape index (κ2) is 15.1. The Morgan fingerprint density at radius 3 is 2.28 bits per heavy atom. The highest BCUT2D eigenvalue weighted by Gasteiger charge is 2.36. The quantitative estimate of drug-likeness (QED) is 0.146. The fourth-order valence-electron chi connectivity index (χ4n) is 5.14. The molecule has 0 aliphatic rings. The molecular weight excluding hydrogens is 644 g/mol. The first-order chi connectivity index (χ1) is 22.4. The number of hydrogen-bond donors (Lipinski definition) is 1. The molecular formula is C34H35ClN4O7S. The number of anilines is 1. The number of rotatable bonds is 13. The Hall–Kier alpha value is -4.94. The number of carbonyl (C=O) groups is 2. The van der Waals surface area contributed by atoms with Gasteiger partial charge in [0.2, 0.25) is 11.8 Å². The summed E-state index contributed by atoms with van der Waals surface area (Å²) in [6, 6.07) is 23.3. The Morgan fingerprint density at radius 1 is 0.957 bits per heavy atom. The van der Waals surface area contributed by atoms with E-state index in [9.17, 15) is 28.1 Å². The number of nitro groups is 1. The van der Waals surface area contributed by atoms with Crippen LogP contribution in [0.3, 0.4) is 0 Å². The second-order valence-corrected chi connectivity index (χ2v) is 13.1. The Kier molecular flexibility index (Phi) is 11.2. The van der Waals surface area contributed by atoms with Crippen molar-refractivity contribution in [2.75, 3.05) is 25.0 Å². The van der Waals surface area contributed by atoms with Crippen molar-refractivity contribution in [3.05, 3.63) is 128 Å². The Labute approximate surface area is 278 Å². The number of nitrogens with one attached hydrogen (secondary N) is 1. The second-order valence-electron chi connectivity index (χ2n) is 10.8. The van der Waals surface area contributed by atoms with Gasteiger partial charge in [0.05, 0.1) is 22.6 Å². The molecule has 0 saturated heterocycles. The lowest BCUT2D eigenvalue weighted by molar-refractivity contribution is -0.385. The minimum Gasteiger partial charge on any atom is -0.495 e. The van der Waals surface area contributed by atoms with Crippen molar-refractivity contribution in [1.29, 1.82) is 0 Å². The van der Waals surface area contributed by atoms with E-state index in [1.54, 1.807) is 0 Å². The van der Waals surface area contributed by atoms with Crippen molar-refractivity contribution in [3.8, 4) is 5.75 Å². The number of methoxy groups -OCH3 is 1. The Balaban J connectivity index is 1.89. The van der Waals surface area contributed by atoms with E-state index in [1.807, 2.05) is 61.5 Å². The van der Waals surface area contributed by atoms with Crippen molar-refractivity contribution in [2.45, 2.75) is 37.8 Å². The van der Waals surface area contributed by atoms with E-state index in [0.717, 1.165) is 27.1 Å². The van der Waals surface area contributed by atoms with Gasteiger partial charge < -0.3 is 15.0 Å². The molecule has 0 aliphatic carbocycles. The minimum atomic E-state index is -4.65. The van der Waals surface area contributed by atoms with Crippen LogP contribution in [0.25, 0.3) is 0 Å². The molecule has 0 spiro atoms. The average molecular weight is 679 g/mol. The highest BCUT2D eigenvalue weighted by molar-refractivity contribution is 7.92. The average Bonchev–Trinajstić information content (AvgIpc) is 3.05. The zero-order valence-electron chi connectivity index (χ0n) is 26.3. The van der Waals surface area contributed by atoms with E-state index in [4.69, 9.17) is 16.3 Å². The molecule has 1 atom stereocenters. The van der Waals surface area contributed by atoms with Crippen LogP contribution in [-0.2, 0) is 32.6 Å². The zero-order valence-corrected chi connectivity index (χ0v) is 27.9. The minimum absolute atomic E-state index is 0.00695. The normalized spacial score (nSPS) is 11.8. The summed E-state index contributed by atoms with van der Waals surface area (Å²) in [4.78, 5) is 40.0. The molecule has 0 bridgehead atoms. The lowest BCUT2D eigenvalue weighted by Gasteiger charge is -2.34. The lowest BCUT2D eigenvalue weighted by Crippen LogP contribution is -2.53.